The SMILES string of the molecule is COc1ccc(CCn2c(SCc3ccccc3)nc3c2c(=O)[nH]c(=O)n3C)cc1. The Kier molecular flexibility index (Phi) is 5.76. The number of hydrogen-bond acceptors (Lipinski definition) is 5. The molecule has 0 radical (unpaired) electrons. The molecule has 0 amide bonds. The molecule has 0 saturated carbocycles. The number of H-pyrrole nitrogens is 1. The second-order valence-electron chi connectivity index (χ2n) is 6.91. The molecule has 154 valence electrons. The number of fused-ring (bicyclic) bond motifs is 1. The molecule has 0 bridgehead atoms. The molecule has 2 aromatic carbocycles. The maximum Gasteiger partial charge on any atom is 0.329 e. The number of thioether (sulfide) groups is 1. The third-order valence-corrected chi connectivity index (χ3v) is 6.01. The van der Waals surface area contributed by atoms with Gasteiger partial charge in [0.15, 0.2) is 16.3 Å². The van der Waals surface area contributed by atoms with E-state index in [1.54, 1.807) is 25.9 Å². The first kappa shape index (κ1) is 20.0. The first-order valence-electron chi connectivity index (χ1n) is 9.56. The fourth-order valence-electron chi connectivity index (χ4n) is 3.29. The second kappa shape index (κ2) is 8.62. The predicted octanol–water partition coefficient (Wildman–Crippen LogP) is 2.97. The molecule has 2 heterocycles. The standard InChI is InChI=1S/C22H22N4O3S/c1-25-19-18(20(27)24-21(25)28)26(13-12-15-8-10-17(29-2)11-9-15)22(23-19)30-14-16-6-4-3-5-7-16/h3-11H,12-14H2,1-2H3,(H,24,27,28). The highest BCUT2D eigenvalue weighted by atomic mass is 32.2. The summed E-state index contributed by atoms with van der Waals surface area (Å²) >= 11 is 1.55. The van der Waals surface area contributed by atoms with Crippen LogP contribution in [0, 0.1) is 0 Å². The molecule has 0 atom stereocenters. The Morgan fingerprint density at radius 2 is 1.77 bits per heavy atom. The van der Waals surface area contributed by atoms with Gasteiger partial charge in [0, 0.05) is 19.3 Å². The summed E-state index contributed by atoms with van der Waals surface area (Å²) in [7, 11) is 3.26. The van der Waals surface area contributed by atoms with Crippen molar-refractivity contribution < 1.29 is 4.74 Å². The summed E-state index contributed by atoms with van der Waals surface area (Å²) < 4.78 is 8.50. The maximum absolute atomic E-state index is 12.6. The zero-order valence-electron chi connectivity index (χ0n) is 16.8. The van der Waals surface area contributed by atoms with E-state index in [0.29, 0.717) is 22.9 Å². The van der Waals surface area contributed by atoms with Crippen LogP contribution < -0.4 is 16.0 Å². The van der Waals surface area contributed by atoms with E-state index in [9.17, 15) is 9.59 Å². The van der Waals surface area contributed by atoms with E-state index >= 15 is 0 Å². The Balaban J connectivity index is 1.69. The maximum atomic E-state index is 12.6. The van der Waals surface area contributed by atoms with Gasteiger partial charge in [0.1, 0.15) is 5.75 Å². The van der Waals surface area contributed by atoms with Crippen LogP contribution in [-0.4, -0.2) is 26.2 Å². The van der Waals surface area contributed by atoms with Crippen molar-refractivity contribution >= 4 is 22.9 Å². The molecule has 0 aliphatic rings. The van der Waals surface area contributed by atoms with Gasteiger partial charge in [-0.15, -0.1) is 0 Å². The molecule has 0 aliphatic carbocycles. The Bertz CT molecular complexity index is 1270. The van der Waals surface area contributed by atoms with Gasteiger partial charge in [-0.3, -0.25) is 14.3 Å². The summed E-state index contributed by atoms with van der Waals surface area (Å²) in [5.41, 5.74) is 2.22. The molecule has 0 aliphatic heterocycles. The third-order valence-electron chi connectivity index (χ3n) is 4.97. The second-order valence-corrected chi connectivity index (χ2v) is 7.85. The largest absolute Gasteiger partial charge is 0.497 e. The number of ether oxygens (including phenoxy) is 1. The average Bonchev–Trinajstić information content (AvgIpc) is 3.15. The minimum atomic E-state index is -0.466. The van der Waals surface area contributed by atoms with E-state index in [4.69, 9.17) is 4.74 Å². The number of aryl methyl sites for hydroxylation is 3. The van der Waals surface area contributed by atoms with E-state index < -0.39 is 11.2 Å². The summed E-state index contributed by atoms with van der Waals surface area (Å²) in [6.07, 6.45) is 0.719. The Morgan fingerprint density at radius 1 is 1.03 bits per heavy atom. The van der Waals surface area contributed by atoms with Crippen LogP contribution in [0.15, 0.2) is 69.3 Å². The lowest BCUT2D eigenvalue weighted by atomic mass is 10.1. The van der Waals surface area contributed by atoms with Crippen LogP contribution in [0.1, 0.15) is 11.1 Å². The molecule has 4 rings (SSSR count). The first-order chi connectivity index (χ1) is 14.6. The van der Waals surface area contributed by atoms with E-state index in [1.165, 1.54) is 10.1 Å². The molecule has 4 aromatic rings. The van der Waals surface area contributed by atoms with E-state index in [-0.39, 0.29) is 0 Å². The highest BCUT2D eigenvalue weighted by Crippen LogP contribution is 2.25. The normalized spacial score (nSPS) is 11.1. The minimum absolute atomic E-state index is 0.397. The lowest BCUT2D eigenvalue weighted by Crippen LogP contribution is -2.29. The Morgan fingerprint density at radius 3 is 2.47 bits per heavy atom. The average molecular weight is 423 g/mol. The van der Waals surface area contributed by atoms with Crippen molar-refractivity contribution in [3.63, 3.8) is 0 Å². The number of benzene rings is 2. The lowest BCUT2D eigenvalue weighted by molar-refractivity contribution is 0.414. The van der Waals surface area contributed by atoms with Crippen molar-refractivity contribution in [2.75, 3.05) is 7.11 Å². The van der Waals surface area contributed by atoms with Gasteiger partial charge in [-0.2, -0.15) is 0 Å². The number of methoxy groups -OCH3 is 1. The topological polar surface area (TPSA) is 81.9 Å². The molecule has 0 saturated heterocycles. The molecule has 0 fully saturated rings. The van der Waals surface area contributed by atoms with E-state index in [2.05, 4.69) is 22.1 Å². The fourth-order valence-corrected chi connectivity index (χ4v) is 4.27. The van der Waals surface area contributed by atoms with Gasteiger partial charge < -0.3 is 9.30 Å². The number of nitrogens with zero attached hydrogens (tertiary/aromatic N) is 3. The number of hydrogen-bond donors (Lipinski definition) is 1. The van der Waals surface area contributed by atoms with Crippen LogP contribution in [0.25, 0.3) is 11.2 Å². The monoisotopic (exact) mass is 422 g/mol. The van der Waals surface area contributed by atoms with E-state index in [1.807, 2.05) is 47.0 Å². The van der Waals surface area contributed by atoms with Crippen LogP contribution in [0.2, 0.25) is 0 Å². The van der Waals surface area contributed by atoms with Crippen molar-refractivity contribution in [1.29, 1.82) is 0 Å². The van der Waals surface area contributed by atoms with Gasteiger partial charge in [-0.1, -0.05) is 54.2 Å². The Hall–Kier alpha value is -3.26. The number of nitrogens with one attached hydrogen (secondary N) is 1. The number of imidazole rings is 1. The third kappa shape index (κ3) is 4.04. The molecule has 2 aromatic heterocycles. The van der Waals surface area contributed by atoms with Gasteiger partial charge in [0.2, 0.25) is 0 Å². The highest BCUT2D eigenvalue weighted by Gasteiger charge is 2.17. The minimum Gasteiger partial charge on any atom is -0.497 e. The van der Waals surface area contributed by atoms with Gasteiger partial charge in [0.25, 0.3) is 5.56 Å². The Labute approximate surface area is 177 Å². The molecule has 7 nitrogen and oxygen atoms in total. The molecular weight excluding hydrogens is 400 g/mol. The van der Waals surface area contributed by atoms with Crippen LogP contribution in [0.4, 0.5) is 0 Å². The summed E-state index contributed by atoms with van der Waals surface area (Å²) in [5.74, 6) is 1.52. The quantitative estimate of drug-likeness (QED) is 0.463. The summed E-state index contributed by atoms with van der Waals surface area (Å²) in [5, 5.41) is 0.717. The van der Waals surface area contributed by atoms with Gasteiger partial charge in [-0.05, 0) is 29.7 Å². The fraction of sp³-hybridized carbons (Fsp3) is 0.227. The number of aromatic amines is 1. The van der Waals surface area contributed by atoms with Gasteiger partial charge >= 0.3 is 5.69 Å². The van der Waals surface area contributed by atoms with E-state index in [0.717, 1.165) is 23.5 Å². The number of aromatic nitrogens is 4. The van der Waals surface area contributed by atoms with Crippen LogP contribution in [0.5, 0.6) is 5.75 Å². The summed E-state index contributed by atoms with van der Waals surface area (Å²) in [6.45, 7) is 0.571. The van der Waals surface area contributed by atoms with Crippen LogP contribution >= 0.6 is 11.8 Å². The number of rotatable bonds is 7. The van der Waals surface area contributed by atoms with Crippen LogP contribution in [0.3, 0.4) is 0 Å². The summed E-state index contributed by atoms with van der Waals surface area (Å²) in [6, 6.07) is 17.9. The molecular formula is C22H22N4O3S. The van der Waals surface area contributed by atoms with Crippen molar-refractivity contribution in [2.24, 2.45) is 7.05 Å². The first-order valence-corrected chi connectivity index (χ1v) is 10.5. The smallest absolute Gasteiger partial charge is 0.329 e. The van der Waals surface area contributed by atoms with Gasteiger partial charge in [-0.25, -0.2) is 9.78 Å². The predicted molar refractivity (Wildman–Crippen MR) is 118 cm³/mol. The highest BCUT2D eigenvalue weighted by molar-refractivity contribution is 7.98. The zero-order chi connectivity index (χ0) is 21.1. The molecule has 0 unspecified atom stereocenters. The van der Waals surface area contributed by atoms with Gasteiger partial charge in [0.05, 0.1) is 7.11 Å². The molecule has 0 spiro atoms. The molecule has 8 heteroatoms. The van der Waals surface area contributed by atoms with Crippen LogP contribution in [-0.2, 0) is 25.8 Å². The molecule has 1 N–H and O–H groups in total. The van der Waals surface area contributed by atoms with Crippen molar-refractivity contribution in [1.82, 2.24) is 19.1 Å². The van der Waals surface area contributed by atoms with Crippen molar-refractivity contribution in [3.05, 3.63) is 86.6 Å². The van der Waals surface area contributed by atoms with Crippen molar-refractivity contribution in [2.45, 2.75) is 23.9 Å². The molecule has 30 heavy (non-hydrogen) atoms. The zero-order valence-corrected chi connectivity index (χ0v) is 17.6. The van der Waals surface area contributed by atoms with Crippen molar-refractivity contribution in [3.8, 4) is 5.75 Å². The lowest BCUT2D eigenvalue weighted by Gasteiger charge is -2.09. The summed E-state index contributed by atoms with van der Waals surface area (Å²) in [4.78, 5) is 31.7.